The quantitative estimate of drug-likeness (QED) is 0.246. The third-order valence-corrected chi connectivity index (χ3v) is 8.22. The van der Waals surface area contributed by atoms with E-state index in [2.05, 4.69) is 6.92 Å². The SMILES string of the molecule is [CH2-]CCN1C(=N)[N+]2(CC2)[C@](CCC2CCCCC2)(CC2CCCCC2)C1=O.[Mo]. The second kappa shape index (κ2) is 9.29. The van der Waals surface area contributed by atoms with Gasteiger partial charge in [-0.1, -0.05) is 64.2 Å². The molecule has 28 heavy (non-hydrogen) atoms. The molecular formula is C23H39MoN3O. The van der Waals surface area contributed by atoms with Crippen LogP contribution in [0.4, 0.5) is 0 Å². The molecule has 2 aliphatic heterocycles. The number of amides is 1. The standard InChI is InChI=1S/C23H39N3O.Mo/c1-2-15-25-21(27)23(26(16-17-26)22(25)24,18-20-11-7-4-8-12-20)14-13-19-9-5-3-6-10-19;/h19-20,24H,1-18H2;/t23-;/m1./s1. The Bertz CT molecular complexity index is 564. The van der Waals surface area contributed by atoms with Crippen LogP contribution in [0.2, 0.25) is 0 Å². The topological polar surface area (TPSA) is 44.2 Å². The average molecular weight is 470 g/mol. The summed E-state index contributed by atoms with van der Waals surface area (Å²) >= 11 is 0. The van der Waals surface area contributed by atoms with Crippen molar-refractivity contribution in [2.45, 2.75) is 95.4 Å². The van der Waals surface area contributed by atoms with E-state index < -0.39 is 0 Å². The minimum Gasteiger partial charge on any atom is -0.342 e. The Balaban J connectivity index is 0.00000225. The summed E-state index contributed by atoms with van der Waals surface area (Å²) in [6, 6.07) is 0. The fraction of sp³-hybridized carbons (Fsp3) is 0.870. The van der Waals surface area contributed by atoms with Crippen LogP contribution in [0.1, 0.15) is 89.9 Å². The average Bonchev–Trinajstić information content (AvgIpc) is 3.50. The molecule has 0 unspecified atom stereocenters. The largest absolute Gasteiger partial charge is 0.342 e. The van der Waals surface area contributed by atoms with Gasteiger partial charge in [0.05, 0.1) is 0 Å². The van der Waals surface area contributed by atoms with Crippen LogP contribution in [-0.2, 0) is 25.9 Å². The molecule has 2 saturated carbocycles. The Morgan fingerprint density at radius 1 is 1.00 bits per heavy atom. The van der Waals surface area contributed by atoms with Crippen molar-refractivity contribution in [2.24, 2.45) is 11.8 Å². The van der Waals surface area contributed by atoms with Crippen LogP contribution in [0.25, 0.3) is 0 Å². The first kappa shape index (κ1) is 22.5. The molecule has 1 atom stereocenters. The van der Waals surface area contributed by atoms with Crippen molar-refractivity contribution in [1.82, 2.24) is 4.90 Å². The van der Waals surface area contributed by atoms with E-state index in [4.69, 9.17) is 5.41 Å². The first-order valence-electron chi connectivity index (χ1n) is 11.7. The number of hydrogen-bond donors (Lipinski definition) is 1. The van der Waals surface area contributed by atoms with Gasteiger partial charge in [-0.2, -0.15) is 6.42 Å². The number of nitrogens with one attached hydrogen (secondary N) is 1. The number of guanidine groups is 1. The maximum atomic E-state index is 13.8. The van der Waals surface area contributed by atoms with Crippen molar-refractivity contribution in [3.63, 3.8) is 0 Å². The van der Waals surface area contributed by atoms with E-state index in [1.807, 2.05) is 4.90 Å². The molecule has 2 aliphatic carbocycles. The Morgan fingerprint density at radius 3 is 2.11 bits per heavy atom. The van der Waals surface area contributed by atoms with E-state index in [9.17, 15) is 4.79 Å². The molecule has 0 aromatic carbocycles. The predicted molar refractivity (Wildman–Crippen MR) is 109 cm³/mol. The van der Waals surface area contributed by atoms with Gasteiger partial charge in [0.25, 0.3) is 5.91 Å². The molecular weight excluding hydrogens is 430 g/mol. The zero-order valence-corrected chi connectivity index (χ0v) is 19.6. The number of quaternary nitrogens is 1. The molecule has 2 saturated heterocycles. The van der Waals surface area contributed by atoms with Crippen molar-refractivity contribution in [3.8, 4) is 0 Å². The van der Waals surface area contributed by atoms with Crippen LogP contribution in [-0.4, -0.2) is 46.4 Å². The van der Waals surface area contributed by atoms with Crippen LogP contribution in [0.5, 0.6) is 0 Å². The van der Waals surface area contributed by atoms with Crippen molar-refractivity contribution < 1.29 is 30.3 Å². The van der Waals surface area contributed by atoms with Crippen molar-refractivity contribution in [2.75, 3.05) is 19.6 Å². The molecule has 0 radical (unpaired) electrons. The molecule has 0 aromatic rings. The normalized spacial score (nSPS) is 30.7. The van der Waals surface area contributed by atoms with Gasteiger partial charge in [0.15, 0.2) is 5.54 Å². The third-order valence-electron chi connectivity index (χ3n) is 8.22. The monoisotopic (exact) mass is 471 g/mol. The summed E-state index contributed by atoms with van der Waals surface area (Å²) in [5, 5.41) is 8.85. The summed E-state index contributed by atoms with van der Waals surface area (Å²) in [5.74, 6) is 2.39. The first-order valence-corrected chi connectivity index (χ1v) is 11.7. The van der Waals surface area contributed by atoms with Gasteiger partial charge in [-0.15, -0.1) is 0 Å². The maximum Gasteiger partial charge on any atom is 0.305 e. The molecule has 4 rings (SSSR count). The molecule has 1 N–H and O–H groups in total. The van der Waals surface area contributed by atoms with Gasteiger partial charge in [0.2, 0.25) is 0 Å². The van der Waals surface area contributed by atoms with E-state index in [0.29, 0.717) is 29.3 Å². The Morgan fingerprint density at radius 2 is 1.57 bits per heavy atom. The van der Waals surface area contributed by atoms with Gasteiger partial charge in [0, 0.05) is 40.5 Å². The molecule has 4 nitrogen and oxygen atoms in total. The van der Waals surface area contributed by atoms with Gasteiger partial charge >= 0.3 is 5.96 Å². The van der Waals surface area contributed by atoms with E-state index in [-0.39, 0.29) is 32.5 Å². The van der Waals surface area contributed by atoms with Gasteiger partial charge in [0.1, 0.15) is 13.1 Å². The van der Waals surface area contributed by atoms with Crippen LogP contribution in [0, 0.1) is 24.2 Å². The summed E-state index contributed by atoms with van der Waals surface area (Å²) in [6.07, 6.45) is 17.4. The van der Waals surface area contributed by atoms with Crippen LogP contribution in [0.15, 0.2) is 0 Å². The van der Waals surface area contributed by atoms with Crippen molar-refractivity contribution >= 4 is 11.9 Å². The Hall–Kier alpha value is -0.212. The Kier molecular flexibility index (Phi) is 7.46. The smallest absolute Gasteiger partial charge is 0.305 e. The van der Waals surface area contributed by atoms with Crippen LogP contribution < -0.4 is 0 Å². The number of nitrogens with zero attached hydrogens (tertiary/aromatic N) is 2. The zero-order valence-electron chi connectivity index (χ0n) is 17.6. The summed E-state index contributed by atoms with van der Waals surface area (Å²) in [6.45, 7) is 6.62. The number of carbonyl (C=O) groups excluding carboxylic acids is 1. The van der Waals surface area contributed by atoms with Gasteiger partial charge < -0.3 is 6.92 Å². The molecule has 4 fully saturated rings. The van der Waals surface area contributed by atoms with E-state index >= 15 is 0 Å². The summed E-state index contributed by atoms with van der Waals surface area (Å²) < 4.78 is 0.690. The summed E-state index contributed by atoms with van der Waals surface area (Å²) in [7, 11) is 0. The molecule has 0 aromatic heterocycles. The Labute approximate surface area is 186 Å². The predicted octanol–water partition coefficient (Wildman–Crippen LogP) is 4.89. The molecule has 5 heteroatoms. The van der Waals surface area contributed by atoms with Crippen molar-refractivity contribution in [1.29, 1.82) is 5.41 Å². The first-order chi connectivity index (χ1) is 13.1. The van der Waals surface area contributed by atoms with Gasteiger partial charge in [-0.25, -0.2) is 14.8 Å². The molecule has 0 bridgehead atoms. The molecule has 158 valence electrons. The van der Waals surface area contributed by atoms with Gasteiger partial charge in [-0.3, -0.25) is 4.79 Å². The molecule has 4 aliphatic rings. The molecule has 2 heterocycles. The van der Waals surface area contributed by atoms with Crippen LogP contribution >= 0.6 is 0 Å². The zero-order chi connectivity index (χ0) is 18.9. The fourth-order valence-electron chi connectivity index (χ4n) is 6.54. The summed E-state index contributed by atoms with van der Waals surface area (Å²) in [5.41, 5.74) is -0.314. The summed E-state index contributed by atoms with van der Waals surface area (Å²) in [4.78, 5) is 15.6. The number of rotatable bonds is 7. The second-order valence-corrected chi connectivity index (χ2v) is 9.83. The maximum absolute atomic E-state index is 13.8. The fourth-order valence-corrected chi connectivity index (χ4v) is 6.54. The van der Waals surface area contributed by atoms with E-state index in [0.717, 1.165) is 31.8 Å². The number of hydrogen-bond acceptors (Lipinski definition) is 2. The number of carbonyl (C=O) groups is 1. The third kappa shape index (κ3) is 3.89. The van der Waals surface area contributed by atoms with E-state index in [1.165, 1.54) is 70.6 Å². The van der Waals surface area contributed by atoms with Gasteiger partial charge in [-0.05, 0) is 18.3 Å². The van der Waals surface area contributed by atoms with E-state index in [1.54, 1.807) is 0 Å². The minimum absolute atomic E-state index is 0. The molecule has 1 spiro atoms. The molecule has 1 amide bonds. The van der Waals surface area contributed by atoms with Crippen molar-refractivity contribution in [3.05, 3.63) is 6.92 Å². The second-order valence-electron chi connectivity index (χ2n) is 9.83. The van der Waals surface area contributed by atoms with Crippen LogP contribution in [0.3, 0.4) is 0 Å². The minimum atomic E-state index is -0.314.